The summed E-state index contributed by atoms with van der Waals surface area (Å²) in [7, 11) is 5.41. The number of hydrogen-bond acceptors (Lipinski definition) is 7. The number of nitrogens with one attached hydrogen (secondary N) is 1. The molecule has 1 aromatic carbocycles. The van der Waals surface area contributed by atoms with Crippen LogP contribution in [0.15, 0.2) is 29.8 Å². The quantitative estimate of drug-likeness (QED) is 0.244. The van der Waals surface area contributed by atoms with E-state index in [0.717, 1.165) is 6.54 Å². The zero-order valence-corrected chi connectivity index (χ0v) is 21.1. The Morgan fingerprint density at radius 3 is 2.57 bits per heavy atom. The number of aryl methyl sites for hydroxylation is 1. The second kappa shape index (κ2) is 10.8. The highest BCUT2D eigenvalue weighted by atomic mass is 16.5. The van der Waals surface area contributed by atoms with Crippen LogP contribution in [0, 0.1) is 13.8 Å². The van der Waals surface area contributed by atoms with Crippen LogP contribution >= 0.6 is 0 Å². The highest BCUT2D eigenvalue weighted by Gasteiger charge is 2.46. The van der Waals surface area contributed by atoms with Crippen LogP contribution in [0.25, 0.3) is 5.76 Å². The Morgan fingerprint density at radius 2 is 1.94 bits per heavy atom. The fourth-order valence-electron chi connectivity index (χ4n) is 4.47. The lowest BCUT2D eigenvalue weighted by atomic mass is 9.94. The normalized spacial score (nSPS) is 17.3. The van der Waals surface area contributed by atoms with Crippen molar-refractivity contribution in [1.29, 1.82) is 0 Å². The van der Waals surface area contributed by atoms with Gasteiger partial charge in [0, 0.05) is 17.8 Å². The lowest BCUT2D eigenvalue weighted by Gasteiger charge is -2.26. The molecule has 1 aliphatic rings. The van der Waals surface area contributed by atoms with E-state index in [1.54, 1.807) is 45.0 Å². The summed E-state index contributed by atoms with van der Waals surface area (Å²) in [6, 6.07) is 6.30. The predicted molar refractivity (Wildman–Crippen MR) is 131 cm³/mol. The number of methoxy groups -OCH3 is 1. The maximum Gasteiger partial charge on any atom is 0.355 e. The minimum atomic E-state index is -0.799. The van der Waals surface area contributed by atoms with Crippen LogP contribution in [-0.2, 0) is 14.3 Å². The first-order valence-corrected chi connectivity index (χ1v) is 11.6. The number of esters is 1. The van der Waals surface area contributed by atoms with Crippen molar-refractivity contribution in [2.45, 2.75) is 33.2 Å². The number of H-pyrrole nitrogens is 1. The molecule has 0 radical (unpaired) electrons. The number of hydrogen-bond donors (Lipinski definition) is 2. The van der Waals surface area contributed by atoms with Crippen LogP contribution in [0.5, 0.6) is 5.75 Å². The van der Waals surface area contributed by atoms with Gasteiger partial charge in [0.15, 0.2) is 0 Å². The number of carbonyl (C=O) groups excluding carboxylic acids is 3. The molecule has 0 aliphatic carbocycles. The third-order valence-electron chi connectivity index (χ3n) is 6.11. The topological polar surface area (TPSA) is 112 Å². The van der Waals surface area contributed by atoms with E-state index in [9.17, 15) is 19.5 Å². The molecule has 2 aromatic rings. The molecule has 1 saturated heterocycles. The van der Waals surface area contributed by atoms with Gasteiger partial charge in [0.25, 0.3) is 11.7 Å². The van der Waals surface area contributed by atoms with Crippen molar-refractivity contribution in [2.75, 3.05) is 40.9 Å². The molecule has 0 spiro atoms. The van der Waals surface area contributed by atoms with Crippen LogP contribution in [0.4, 0.5) is 0 Å². The van der Waals surface area contributed by atoms with Gasteiger partial charge in [-0.05, 0) is 71.1 Å². The molecule has 0 saturated carbocycles. The fraction of sp³-hybridized carbons (Fsp3) is 0.423. The van der Waals surface area contributed by atoms with E-state index >= 15 is 0 Å². The summed E-state index contributed by atoms with van der Waals surface area (Å²) in [5.41, 5.74) is 2.07. The molecule has 1 atom stereocenters. The zero-order chi connectivity index (χ0) is 25.9. The minimum Gasteiger partial charge on any atom is -0.507 e. The van der Waals surface area contributed by atoms with Gasteiger partial charge in [-0.1, -0.05) is 12.1 Å². The smallest absolute Gasteiger partial charge is 0.355 e. The summed E-state index contributed by atoms with van der Waals surface area (Å²) in [6.07, 6.45) is 0.649. The van der Waals surface area contributed by atoms with E-state index < -0.39 is 23.7 Å². The van der Waals surface area contributed by atoms with E-state index in [-0.39, 0.29) is 23.6 Å². The Labute approximate surface area is 205 Å². The van der Waals surface area contributed by atoms with E-state index in [1.807, 2.05) is 19.0 Å². The molecule has 3 rings (SSSR count). The maximum absolute atomic E-state index is 13.3. The van der Waals surface area contributed by atoms with Gasteiger partial charge >= 0.3 is 5.97 Å². The number of Topliss-reactive ketones (excluding diaryl/α,β-unsaturated/α-hetero) is 1. The van der Waals surface area contributed by atoms with Crippen molar-refractivity contribution < 1.29 is 29.0 Å². The molecular formula is C26H33N3O6. The summed E-state index contributed by atoms with van der Waals surface area (Å²) in [6.45, 7) is 6.33. The average Bonchev–Trinajstić information content (AvgIpc) is 3.26. The van der Waals surface area contributed by atoms with Crippen molar-refractivity contribution >= 4 is 23.4 Å². The second-order valence-electron chi connectivity index (χ2n) is 8.77. The van der Waals surface area contributed by atoms with Gasteiger partial charge in [-0.3, -0.25) is 9.59 Å². The zero-order valence-electron chi connectivity index (χ0n) is 21.1. The first-order valence-electron chi connectivity index (χ1n) is 11.6. The van der Waals surface area contributed by atoms with Crippen LogP contribution in [0.2, 0.25) is 0 Å². The number of aromatic amines is 1. The third-order valence-corrected chi connectivity index (χ3v) is 6.11. The fourth-order valence-corrected chi connectivity index (χ4v) is 4.47. The number of ether oxygens (including phenoxy) is 2. The van der Waals surface area contributed by atoms with Gasteiger partial charge in [-0.15, -0.1) is 0 Å². The highest BCUT2D eigenvalue weighted by Crippen LogP contribution is 2.41. The number of rotatable bonds is 9. The van der Waals surface area contributed by atoms with Crippen molar-refractivity contribution in [1.82, 2.24) is 14.8 Å². The minimum absolute atomic E-state index is 0.0197. The van der Waals surface area contributed by atoms with Crippen LogP contribution < -0.4 is 4.74 Å². The molecule has 35 heavy (non-hydrogen) atoms. The summed E-state index contributed by atoms with van der Waals surface area (Å²) in [4.78, 5) is 45.2. The second-order valence-corrected chi connectivity index (χ2v) is 8.77. The number of nitrogens with zero attached hydrogens (tertiary/aromatic N) is 2. The van der Waals surface area contributed by atoms with Crippen molar-refractivity contribution in [3.05, 3.63) is 57.9 Å². The van der Waals surface area contributed by atoms with Gasteiger partial charge in [0.05, 0.1) is 25.3 Å². The molecule has 1 amide bonds. The van der Waals surface area contributed by atoms with Gasteiger partial charge in [0.2, 0.25) is 0 Å². The lowest BCUT2D eigenvalue weighted by molar-refractivity contribution is -0.139. The van der Waals surface area contributed by atoms with Crippen molar-refractivity contribution in [3.8, 4) is 5.75 Å². The van der Waals surface area contributed by atoms with Gasteiger partial charge in [-0.25, -0.2) is 4.79 Å². The molecule has 0 unspecified atom stereocenters. The van der Waals surface area contributed by atoms with E-state index in [0.29, 0.717) is 41.1 Å². The summed E-state index contributed by atoms with van der Waals surface area (Å²) in [5.74, 6) is -1.75. The number of aliphatic hydroxyl groups excluding tert-OH is 1. The van der Waals surface area contributed by atoms with Crippen molar-refractivity contribution in [2.24, 2.45) is 0 Å². The summed E-state index contributed by atoms with van der Waals surface area (Å²) >= 11 is 0. The number of aromatic nitrogens is 1. The predicted octanol–water partition coefficient (Wildman–Crippen LogP) is 3.19. The standard InChI is InChI=1S/C26H33N3O6/c1-7-35-26(33)21-15(2)19(16(3)27-21)23(30)20-22(17-10-8-11-18(14-17)34-6)29(25(32)24(20)31)13-9-12-28(4)5/h8,10-11,14,22,27,30H,7,9,12-13H2,1-6H3/b23-20+/t22-/m0/s1. The van der Waals surface area contributed by atoms with Gasteiger partial charge in [0.1, 0.15) is 17.2 Å². The van der Waals surface area contributed by atoms with Gasteiger partial charge in [-0.2, -0.15) is 0 Å². The number of ketones is 1. The Bertz CT molecular complexity index is 1160. The number of carbonyl (C=O) groups is 3. The molecule has 1 aromatic heterocycles. The Balaban J connectivity index is 2.18. The van der Waals surface area contributed by atoms with E-state index in [4.69, 9.17) is 9.47 Å². The van der Waals surface area contributed by atoms with Crippen LogP contribution in [0.1, 0.15) is 52.3 Å². The van der Waals surface area contributed by atoms with Gasteiger partial charge < -0.3 is 29.4 Å². The number of likely N-dealkylation sites (tertiary alicyclic amines) is 1. The molecular weight excluding hydrogens is 450 g/mol. The maximum atomic E-state index is 13.3. The highest BCUT2D eigenvalue weighted by molar-refractivity contribution is 6.46. The van der Waals surface area contributed by atoms with E-state index in [2.05, 4.69) is 4.98 Å². The number of benzene rings is 1. The van der Waals surface area contributed by atoms with Crippen LogP contribution in [-0.4, -0.2) is 78.5 Å². The molecule has 9 heteroatoms. The largest absolute Gasteiger partial charge is 0.507 e. The third kappa shape index (κ3) is 5.09. The Morgan fingerprint density at radius 1 is 1.23 bits per heavy atom. The molecule has 1 fully saturated rings. The molecule has 2 N–H and O–H groups in total. The SMILES string of the molecule is CCOC(=O)c1[nH]c(C)c(/C(O)=C2\C(=O)C(=O)N(CCCN(C)C)[C@H]2c2cccc(OC)c2)c1C. The average molecular weight is 484 g/mol. The first-order chi connectivity index (χ1) is 16.6. The Kier molecular flexibility index (Phi) is 8.01. The summed E-state index contributed by atoms with van der Waals surface area (Å²) < 4.78 is 10.5. The molecule has 2 heterocycles. The lowest BCUT2D eigenvalue weighted by Crippen LogP contribution is -2.32. The molecule has 0 bridgehead atoms. The van der Waals surface area contributed by atoms with Crippen LogP contribution in [0.3, 0.4) is 0 Å². The number of amides is 1. The first kappa shape index (κ1) is 26.0. The number of aliphatic hydroxyl groups is 1. The monoisotopic (exact) mass is 483 g/mol. The Hall–Kier alpha value is -3.59. The van der Waals surface area contributed by atoms with Crippen molar-refractivity contribution in [3.63, 3.8) is 0 Å². The molecule has 9 nitrogen and oxygen atoms in total. The molecule has 188 valence electrons. The summed E-state index contributed by atoms with van der Waals surface area (Å²) in [5, 5.41) is 11.5. The molecule has 1 aliphatic heterocycles. The van der Waals surface area contributed by atoms with E-state index in [1.165, 1.54) is 12.0 Å².